The van der Waals surface area contributed by atoms with Gasteiger partial charge >= 0.3 is 5.63 Å². The van der Waals surface area contributed by atoms with Gasteiger partial charge in [0.25, 0.3) is 5.91 Å². The number of ether oxygens (including phenoxy) is 1. The van der Waals surface area contributed by atoms with E-state index in [2.05, 4.69) is 27.8 Å². The summed E-state index contributed by atoms with van der Waals surface area (Å²) in [5.41, 5.74) is 3.14. The van der Waals surface area contributed by atoms with Gasteiger partial charge in [-0.1, -0.05) is 0 Å². The van der Waals surface area contributed by atoms with Crippen LogP contribution >= 0.6 is 22.7 Å². The molecule has 32 heavy (non-hydrogen) atoms. The molecule has 1 aliphatic rings. The highest BCUT2D eigenvalue weighted by molar-refractivity contribution is 7.16. The third-order valence-electron chi connectivity index (χ3n) is 5.54. The molecule has 1 amide bonds. The highest BCUT2D eigenvalue weighted by Crippen LogP contribution is 2.30. The number of nitrogens with zero attached hydrogens (tertiary/aromatic N) is 1. The lowest BCUT2D eigenvalue weighted by Gasteiger charge is -2.09. The number of aryl methyl sites for hydroxylation is 2. The Balaban J connectivity index is 1.14. The molecule has 0 saturated carbocycles. The van der Waals surface area contributed by atoms with Crippen molar-refractivity contribution in [3.63, 3.8) is 0 Å². The molecule has 0 spiro atoms. The summed E-state index contributed by atoms with van der Waals surface area (Å²) in [4.78, 5) is 31.2. The highest BCUT2D eigenvalue weighted by Gasteiger charge is 2.19. The van der Waals surface area contributed by atoms with Crippen molar-refractivity contribution in [1.29, 1.82) is 0 Å². The first-order chi connectivity index (χ1) is 15.6. The maximum atomic E-state index is 12.2. The number of amides is 1. The summed E-state index contributed by atoms with van der Waals surface area (Å²) < 4.78 is 11.1. The topological polar surface area (TPSA) is 81.4 Å². The Morgan fingerprint density at radius 1 is 1.22 bits per heavy atom. The van der Waals surface area contributed by atoms with E-state index in [-0.39, 0.29) is 18.1 Å². The van der Waals surface area contributed by atoms with Crippen LogP contribution in [-0.4, -0.2) is 24.0 Å². The number of thiazole rings is 1. The average Bonchev–Trinajstić information content (AvgIpc) is 3.53. The van der Waals surface area contributed by atoms with Crippen LogP contribution in [0.4, 0.5) is 0 Å². The fraction of sp³-hybridized carbons (Fsp3) is 0.292. The van der Waals surface area contributed by atoms with Crippen molar-refractivity contribution in [2.75, 3.05) is 13.2 Å². The Kier molecular flexibility index (Phi) is 5.80. The van der Waals surface area contributed by atoms with Crippen molar-refractivity contribution in [2.45, 2.75) is 32.6 Å². The van der Waals surface area contributed by atoms with E-state index in [1.807, 2.05) is 19.1 Å². The molecule has 0 unspecified atom stereocenters. The first-order valence-corrected chi connectivity index (χ1v) is 12.3. The molecule has 0 aliphatic heterocycles. The van der Waals surface area contributed by atoms with E-state index in [1.165, 1.54) is 4.88 Å². The zero-order valence-electron chi connectivity index (χ0n) is 17.6. The largest absolute Gasteiger partial charge is 0.484 e. The van der Waals surface area contributed by atoms with E-state index in [4.69, 9.17) is 9.15 Å². The van der Waals surface area contributed by atoms with Crippen LogP contribution in [0, 0.1) is 6.92 Å². The van der Waals surface area contributed by atoms with Crippen molar-refractivity contribution in [2.24, 2.45) is 0 Å². The summed E-state index contributed by atoms with van der Waals surface area (Å²) in [6.45, 7) is 2.45. The summed E-state index contributed by atoms with van der Waals surface area (Å²) in [6, 6.07) is 9.58. The number of aromatic nitrogens is 1. The molecule has 1 aliphatic carbocycles. The predicted octanol–water partition coefficient (Wildman–Crippen LogP) is 4.51. The van der Waals surface area contributed by atoms with E-state index in [1.54, 1.807) is 28.7 Å². The lowest BCUT2D eigenvalue weighted by Crippen LogP contribution is -2.30. The van der Waals surface area contributed by atoms with Gasteiger partial charge in [-0.15, -0.1) is 22.7 Å². The summed E-state index contributed by atoms with van der Waals surface area (Å²) >= 11 is 3.34. The van der Waals surface area contributed by atoms with E-state index >= 15 is 0 Å². The van der Waals surface area contributed by atoms with Crippen molar-refractivity contribution in [1.82, 2.24) is 10.3 Å². The van der Waals surface area contributed by atoms with Gasteiger partial charge in [-0.2, -0.15) is 0 Å². The zero-order chi connectivity index (χ0) is 22.1. The van der Waals surface area contributed by atoms with E-state index < -0.39 is 0 Å². The van der Waals surface area contributed by atoms with Gasteiger partial charge in [0.15, 0.2) is 6.61 Å². The summed E-state index contributed by atoms with van der Waals surface area (Å²) in [7, 11) is 0. The molecule has 0 saturated heterocycles. The van der Waals surface area contributed by atoms with Gasteiger partial charge in [0.2, 0.25) is 0 Å². The van der Waals surface area contributed by atoms with Crippen LogP contribution in [0.5, 0.6) is 5.75 Å². The van der Waals surface area contributed by atoms with E-state index in [9.17, 15) is 9.59 Å². The maximum Gasteiger partial charge on any atom is 0.339 e. The molecule has 0 atom stereocenters. The van der Waals surface area contributed by atoms with Gasteiger partial charge in [0, 0.05) is 33.8 Å². The number of fused-ring (bicyclic) bond motifs is 3. The smallest absolute Gasteiger partial charge is 0.339 e. The molecular weight excluding hydrogens is 444 g/mol. The third kappa shape index (κ3) is 4.33. The van der Waals surface area contributed by atoms with Crippen LogP contribution in [0.1, 0.15) is 27.4 Å². The van der Waals surface area contributed by atoms with Gasteiger partial charge in [-0.25, -0.2) is 9.78 Å². The lowest BCUT2D eigenvalue weighted by molar-refractivity contribution is -0.123. The van der Waals surface area contributed by atoms with Gasteiger partial charge in [-0.05, 0) is 62.4 Å². The minimum Gasteiger partial charge on any atom is -0.484 e. The highest BCUT2D eigenvalue weighted by atomic mass is 32.1. The summed E-state index contributed by atoms with van der Waals surface area (Å²) in [5.74, 6) is 0.322. The van der Waals surface area contributed by atoms with Gasteiger partial charge in [-0.3, -0.25) is 4.79 Å². The van der Waals surface area contributed by atoms with Crippen molar-refractivity contribution < 1.29 is 13.9 Å². The molecule has 0 radical (unpaired) electrons. The number of benzene rings is 1. The molecule has 5 rings (SSSR count). The molecule has 0 bridgehead atoms. The Bertz CT molecular complexity index is 1350. The van der Waals surface area contributed by atoms with Crippen LogP contribution < -0.4 is 15.7 Å². The zero-order valence-corrected chi connectivity index (χ0v) is 19.2. The van der Waals surface area contributed by atoms with Crippen molar-refractivity contribution in [3.8, 4) is 16.3 Å². The molecule has 6 nitrogen and oxygen atoms in total. The molecule has 8 heteroatoms. The first-order valence-electron chi connectivity index (χ1n) is 10.6. The fourth-order valence-corrected chi connectivity index (χ4v) is 5.66. The van der Waals surface area contributed by atoms with Crippen LogP contribution in [-0.2, 0) is 24.1 Å². The second kappa shape index (κ2) is 8.88. The molecule has 1 N–H and O–H groups in total. The molecule has 1 aromatic carbocycles. The molecule has 0 fully saturated rings. The Morgan fingerprint density at radius 2 is 2.09 bits per heavy atom. The van der Waals surface area contributed by atoms with Crippen LogP contribution in [0.25, 0.3) is 21.5 Å². The Morgan fingerprint density at radius 3 is 2.94 bits per heavy atom. The number of carbonyl (C=O) groups excluding carboxylic acids is 1. The number of rotatable bonds is 7. The number of nitrogens with one attached hydrogen (secondary N) is 1. The molecule has 3 aromatic heterocycles. The van der Waals surface area contributed by atoms with Gasteiger partial charge in [0.05, 0.1) is 15.6 Å². The second-order valence-electron chi connectivity index (χ2n) is 7.76. The minimum absolute atomic E-state index is 0.0888. The van der Waals surface area contributed by atoms with Crippen LogP contribution in [0.2, 0.25) is 0 Å². The van der Waals surface area contributed by atoms with Gasteiger partial charge < -0.3 is 14.5 Å². The molecule has 4 aromatic rings. The fourth-order valence-electron chi connectivity index (χ4n) is 4.01. The number of carbonyl (C=O) groups is 1. The number of thiophene rings is 1. The second-order valence-corrected chi connectivity index (χ2v) is 10.00. The summed E-state index contributed by atoms with van der Waals surface area (Å²) in [6.07, 6.45) is 3.42. The van der Waals surface area contributed by atoms with Crippen molar-refractivity contribution >= 4 is 39.5 Å². The third-order valence-corrected chi connectivity index (χ3v) is 7.48. The maximum absolute atomic E-state index is 12.2. The first kappa shape index (κ1) is 20.9. The predicted molar refractivity (Wildman–Crippen MR) is 127 cm³/mol. The standard InChI is InChI=1S/C24H22N2O4S2/c1-14-26-20(13-31-14)22-8-6-16(32-22)9-10-25-23(27)12-29-15-5-7-18-17-3-2-4-19(17)24(28)30-21(18)11-15/h5-8,11,13H,2-4,9-10,12H2,1H3,(H,25,27). The molecular formula is C24H22N2O4S2. The monoisotopic (exact) mass is 466 g/mol. The van der Waals surface area contributed by atoms with E-state index in [0.717, 1.165) is 57.8 Å². The van der Waals surface area contributed by atoms with E-state index in [0.29, 0.717) is 17.9 Å². The molecule has 164 valence electrons. The minimum atomic E-state index is -0.262. The number of hydrogen-bond donors (Lipinski definition) is 1. The van der Waals surface area contributed by atoms with Gasteiger partial charge in [0.1, 0.15) is 11.3 Å². The normalized spacial score (nSPS) is 12.8. The average molecular weight is 467 g/mol. The lowest BCUT2D eigenvalue weighted by atomic mass is 10.1. The van der Waals surface area contributed by atoms with Crippen LogP contribution in [0.15, 0.2) is 44.9 Å². The SMILES string of the molecule is Cc1nc(-c2ccc(CCNC(=O)COc3ccc4c5c(c(=O)oc4c3)CCC5)s2)cs1. The number of hydrogen-bond acceptors (Lipinski definition) is 7. The quantitative estimate of drug-likeness (QED) is 0.405. The Labute approximate surface area is 192 Å². The molecule has 3 heterocycles. The van der Waals surface area contributed by atoms with Crippen molar-refractivity contribution in [3.05, 3.63) is 67.1 Å². The van der Waals surface area contributed by atoms with Crippen LogP contribution in [0.3, 0.4) is 0 Å². The summed E-state index contributed by atoms with van der Waals surface area (Å²) in [5, 5.41) is 6.97. The Hall–Kier alpha value is -2.97.